The molecule has 0 atom stereocenters. The Morgan fingerprint density at radius 3 is 2.55 bits per heavy atom. The van der Waals surface area contributed by atoms with E-state index >= 15 is 0 Å². The van der Waals surface area contributed by atoms with Gasteiger partial charge in [0.15, 0.2) is 0 Å². The number of aromatic nitrogens is 1. The molecular weight excluding hydrogens is 290 g/mol. The largest absolute Gasteiger partial charge is 0.506 e. The molecule has 0 aliphatic rings. The number of nitrogens with zero attached hydrogens (tertiary/aromatic N) is 1. The molecule has 2 rings (SSSR count). The molecule has 0 unspecified atom stereocenters. The second-order valence-electron chi connectivity index (χ2n) is 5.88. The summed E-state index contributed by atoms with van der Waals surface area (Å²) < 4.78 is 2.64. The second kappa shape index (κ2) is 5.58. The van der Waals surface area contributed by atoms with Crippen molar-refractivity contribution in [3.63, 3.8) is 0 Å². The van der Waals surface area contributed by atoms with Gasteiger partial charge in [0, 0.05) is 11.8 Å². The first kappa shape index (κ1) is 15.1. The van der Waals surface area contributed by atoms with Gasteiger partial charge in [-0.3, -0.25) is 0 Å². The van der Waals surface area contributed by atoms with Crippen LogP contribution in [-0.4, -0.2) is 9.67 Å². The average molecular weight is 308 g/mol. The van der Waals surface area contributed by atoms with Gasteiger partial charge < -0.3 is 9.67 Å². The maximum Gasteiger partial charge on any atom is 0.139 e. The summed E-state index contributed by atoms with van der Waals surface area (Å²) in [7, 11) is 0. The van der Waals surface area contributed by atoms with E-state index in [1.165, 1.54) is 0 Å². The van der Waals surface area contributed by atoms with E-state index in [4.69, 9.17) is 23.8 Å². The van der Waals surface area contributed by atoms with Crippen LogP contribution < -0.4 is 0 Å². The standard InChI is InChI=1S/C16H18ClNOS/c1-16(2,3)12-8-11(15(19)13(17)9-12)10-18-7-5-4-6-14(18)20/h4-9,19H,10H2,1-3H3. The molecule has 0 aliphatic carbocycles. The predicted molar refractivity (Wildman–Crippen MR) is 86.2 cm³/mol. The van der Waals surface area contributed by atoms with Crippen molar-refractivity contribution >= 4 is 23.8 Å². The molecule has 0 saturated heterocycles. The first-order valence-corrected chi connectivity index (χ1v) is 7.25. The lowest BCUT2D eigenvalue weighted by molar-refractivity contribution is 0.464. The summed E-state index contributed by atoms with van der Waals surface area (Å²) in [5.41, 5.74) is 1.85. The van der Waals surface area contributed by atoms with Crippen molar-refractivity contribution in [1.82, 2.24) is 4.57 Å². The van der Waals surface area contributed by atoms with Crippen molar-refractivity contribution < 1.29 is 5.11 Å². The first-order valence-electron chi connectivity index (χ1n) is 6.46. The van der Waals surface area contributed by atoms with Crippen LogP contribution in [0.5, 0.6) is 5.75 Å². The third-order valence-electron chi connectivity index (χ3n) is 3.25. The summed E-state index contributed by atoms with van der Waals surface area (Å²) in [4.78, 5) is 0. The van der Waals surface area contributed by atoms with Crippen LogP contribution in [0.4, 0.5) is 0 Å². The number of aromatic hydroxyl groups is 1. The molecule has 0 aliphatic heterocycles. The van der Waals surface area contributed by atoms with Crippen LogP contribution in [-0.2, 0) is 12.0 Å². The van der Waals surface area contributed by atoms with Crippen LogP contribution in [0, 0.1) is 4.64 Å². The molecule has 1 aromatic heterocycles. The predicted octanol–water partition coefficient (Wildman–Crippen LogP) is 4.92. The molecule has 0 bridgehead atoms. The minimum Gasteiger partial charge on any atom is -0.506 e. The Kier molecular flexibility index (Phi) is 4.21. The monoisotopic (exact) mass is 307 g/mol. The smallest absolute Gasteiger partial charge is 0.139 e. The summed E-state index contributed by atoms with van der Waals surface area (Å²) in [5, 5.41) is 10.5. The molecule has 2 nitrogen and oxygen atoms in total. The molecular formula is C16H18ClNOS. The van der Waals surface area contributed by atoms with Gasteiger partial charge in [0.25, 0.3) is 0 Å². The van der Waals surface area contributed by atoms with E-state index in [2.05, 4.69) is 20.8 Å². The van der Waals surface area contributed by atoms with Crippen LogP contribution in [0.2, 0.25) is 5.02 Å². The third kappa shape index (κ3) is 3.22. The number of hydrogen-bond donors (Lipinski definition) is 1. The Labute approximate surface area is 129 Å². The SMILES string of the molecule is CC(C)(C)c1cc(Cl)c(O)c(Cn2ccccc2=S)c1. The first-order chi connectivity index (χ1) is 9.29. The van der Waals surface area contributed by atoms with Crippen LogP contribution >= 0.6 is 23.8 Å². The highest BCUT2D eigenvalue weighted by molar-refractivity contribution is 7.71. The van der Waals surface area contributed by atoms with Crippen LogP contribution in [0.25, 0.3) is 0 Å². The topological polar surface area (TPSA) is 25.2 Å². The van der Waals surface area contributed by atoms with Crippen molar-refractivity contribution in [2.75, 3.05) is 0 Å². The molecule has 4 heteroatoms. The van der Waals surface area contributed by atoms with Gasteiger partial charge in [0.05, 0.1) is 11.6 Å². The molecule has 106 valence electrons. The Morgan fingerprint density at radius 1 is 1.25 bits per heavy atom. The number of benzene rings is 1. The Balaban J connectivity index is 2.49. The second-order valence-corrected chi connectivity index (χ2v) is 6.71. The molecule has 0 fully saturated rings. The van der Waals surface area contributed by atoms with Gasteiger partial charge in [-0.2, -0.15) is 0 Å². The third-order valence-corrected chi connectivity index (χ3v) is 3.91. The van der Waals surface area contributed by atoms with Crippen LogP contribution in [0.1, 0.15) is 31.9 Å². The zero-order valence-electron chi connectivity index (χ0n) is 11.9. The van der Waals surface area contributed by atoms with Gasteiger partial charge in [-0.25, -0.2) is 0 Å². The van der Waals surface area contributed by atoms with E-state index in [-0.39, 0.29) is 11.2 Å². The van der Waals surface area contributed by atoms with Gasteiger partial charge in [0.1, 0.15) is 10.4 Å². The number of pyridine rings is 1. The summed E-state index contributed by atoms with van der Waals surface area (Å²) in [6.45, 7) is 6.87. The zero-order chi connectivity index (χ0) is 14.9. The highest BCUT2D eigenvalue weighted by atomic mass is 35.5. The van der Waals surface area contributed by atoms with Crippen molar-refractivity contribution in [2.45, 2.75) is 32.7 Å². The quantitative estimate of drug-likeness (QED) is 0.796. The van der Waals surface area contributed by atoms with E-state index in [9.17, 15) is 5.11 Å². The number of rotatable bonds is 2. The fraction of sp³-hybridized carbons (Fsp3) is 0.312. The van der Waals surface area contributed by atoms with Crippen molar-refractivity contribution in [3.8, 4) is 5.75 Å². The van der Waals surface area contributed by atoms with E-state index < -0.39 is 0 Å². The summed E-state index contributed by atoms with van der Waals surface area (Å²) in [6, 6.07) is 9.50. The minimum atomic E-state index is -0.0236. The molecule has 0 saturated carbocycles. The molecule has 1 aromatic carbocycles. The van der Waals surface area contributed by atoms with Gasteiger partial charge in [-0.1, -0.05) is 50.7 Å². The molecule has 1 heterocycles. The highest BCUT2D eigenvalue weighted by Gasteiger charge is 2.18. The number of phenolic OH excluding ortho intramolecular Hbond substituents is 1. The van der Waals surface area contributed by atoms with Crippen molar-refractivity contribution in [2.24, 2.45) is 0 Å². The van der Waals surface area contributed by atoms with Gasteiger partial charge >= 0.3 is 0 Å². The molecule has 20 heavy (non-hydrogen) atoms. The normalized spacial score (nSPS) is 11.6. The average Bonchev–Trinajstić information content (AvgIpc) is 2.36. The van der Waals surface area contributed by atoms with Crippen LogP contribution in [0.3, 0.4) is 0 Å². The maximum atomic E-state index is 10.2. The lowest BCUT2D eigenvalue weighted by Gasteiger charge is -2.21. The number of halogens is 1. The van der Waals surface area contributed by atoms with Crippen molar-refractivity contribution in [3.05, 3.63) is 57.3 Å². The lowest BCUT2D eigenvalue weighted by atomic mass is 9.86. The zero-order valence-corrected chi connectivity index (χ0v) is 13.4. The van der Waals surface area contributed by atoms with Gasteiger partial charge in [0.2, 0.25) is 0 Å². The van der Waals surface area contributed by atoms with Gasteiger partial charge in [-0.05, 0) is 35.2 Å². The van der Waals surface area contributed by atoms with Crippen molar-refractivity contribution in [1.29, 1.82) is 0 Å². The minimum absolute atomic E-state index is 0.0236. The van der Waals surface area contributed by atoms with E-state index in [0.29, 0.717) is 11.6 Å². The fourth-order valence-electron chi connectivity index (χ4n) is 1.98. The number of phenols is 1. The Bertz CT molecular complexity index is 686. The summed E-state index contributed by atoms with van der Waals surface area (Å²) in [5.74, 6) is 0.130. The summed E-state index contributed by atoms with van der Waals surface area (Å²) in [6.07, 6.45) is 1.90. The van der Waals surface area contributed by atoms with E-state index in [0.717, 1.165) is 15.8 Å². The molecule has 0 amide bonds. The lowest BCUT2D eigenvalue weighted by Crippen LogP contribution is -2.12. The fourth-order valence-corrected chi connectivity index (χ4v) is 2.43. The van der Waals surface area contributed by atoms with E-state index in [1.54, 1.807) is 0 Å². The molecule has 0 radical (unpaired) electrons. The highest BCUT2D eigenvalue weighted by Crippen LogP contribution is 2.34. The summed E-state index contributed by atoms with van der Waals surface area (Å²) >= 11 is 11.4. The number of hydrogen-bond acceptors (Lipinski definition) is 2. The Hall–Kier alpha value is -1.32. The molecule has 0 spiro atoms. The van der Waals surface area contributed by atoms with E-state index in [1.807, 2.05) is 41.1 Å². The van der Waals surface area contributed by atoms with Crippen LogP contribution in [0.15, 0.2) is 36.5 Å². The molecule has 1 N–H and O–H groups in total. The maximum absolute atomic E-state index is 10.2. The molecule has 2 aromatic rings. The Morgan fingerprint density at radius 2 is 1.95 bits per heavy atom. The van der Waals surface area contributed by atoms with Gasteiger partial charge in [-0.15, -0.1) is 0 Å².